The second kappa shape index (κ2) is 4.74. The molecule has 2 nitrogen and oxygen atoms in total. The molecule has 2 N–H and O–H groups in total. The van der Waals surface area contributed by atoms with Gasteiger partial charge in [-0.05, 0) is 13.0 Å². The van der Waals surface area contributed by atoms with Crippen molar-refractivity contribution in [3.63, 3.8) is 0 Å². The molecule has 2 heteroatoms. The number of aromatic hydroxyl groups is 1. The molecule has 0 bridgehead atoms. The predicted octanol–water partition coefficient (Wildman–Crippen LogP) is 3.84. The molecule has 0 spiro atoms. The number of allylic oxidation sites excluding steroid dienone is 1. The van der Waals surface area contributed by atoms with E-state index in [2.05, 4.69) is 0 Å². The largest absolute Gasteiger partial charge is 0.507 e. The zero-order valence-corrected chi connectivity index (χ0v) is 9.59. The fourth-order valence-corrected chi connectivity index (χ4v) is 1.73. The Morgan fingerprint density at radius 2 is 1.47 bits per heavy atom. The van der Waals surface area contributed by atoms with Crippen molar-refractivity contribution in [1.29, 1.82) is 0 Å². The summed E-state index contributed by atoms with van der Waals surface area (Å²) in [7, 11) is 0. The van der Waals surface area contributed by atoms with Crippen LogP contribution in [0.1, 0.15) is 18.1 Å². The fourth-order valence-electron chi connectivity index (χ4n) is 1.73. The number of phenolic OH excluding ortho intramolecular Hbond substituents is 1. The van der Waals surface area contributed by atoms with E-state index in [1.807, 2.05) is 36.4 Å². The zero-order chi connectivity index (χ0) is 12.3. The number of phenols is 1. The van der Waals surface area contributed by atoms with Gasteiger partial charge in [-0.1, -0.05) is 48.5 Å². The van der Waals surface area contributed by atoms with E-state index in [4.69, 9.17) is 0 Å². The lowest BCUT2D eigenvalue weighted by molar-refractivity contribution is 0.472. The quantitative estimate of drug-likeness (QED) is 0.603. The van der Waals surface area contributed by atoms with Crippen LogP contribution in [0.3, 0.4) is 0 Å². The van der Waals surface area contributed by atoms with Gasteiger partial charge in [0.05, 0.1) is 0 Å². The molecular formula is C15H14O2. The summed E-state index contributed by atoms with van der Waals surface area (Å²) >= 11 is 0. The third-order valence-corrected chi connectivity index (χ3v) is 2.71. The van der Waals surface area contributed by atoms with E-state index in [1.165, 1.54) is 0 Å². The van der Waals surface area contributed by atoms with Crippen LogP contribution in [-0.2, 0) is 0 Å². The number of para-hydroxylation sites is 1. The fraction of sp³-hybridized carbons (Fsp3) is 0.0667. The van der Waals surface area contributed by atoms with Crippen molar-refractivity contribution in [3.05, 3.63) is 65.7 Å². The van der Waals surface area contributed by atoms with Gasteiger partial charge in [-0.3, -0.25) is 0 Å². The number of benzene rings is 2. The van der Waals surface area contributed by atoms with E-state index in [0.717, 1.165) is 5.56 Å². The molecule has 86 valence electrons. The van der Waals surface area contributed by atoms with E-state index >= 15 is 0 Å². The highest BCUT2D eigenvalue weighted by atomic mass is 16.3. The molecular weight excluding hydrogens is 212 g/mol. The van der Waals surface area contributed by atoms with Gasteiger partial charge >= 0.3 is 0 Å². The maximum absolute atomic E-state index is 10.1. The summed E-state index contributed by atoms with van der Waals surface area (Å²) in [4.78, 5) is 0. The van der Waals surface area contributed by atoms with Crippen LogP contribution >= 0.6 is 0 Å². The summed E-state index contributed by atoms with van der Waals surface area (Å²) in [5.41, 5.74) is 2.05. The Morgan fingerprint density at radius 3 is 2.12 bits per heavy atom. The van der Waals surface area contributed by atoms with Gasteiger partial charge in [0, 0.05) is 16.7 Å². The van der Waals surface area contributed by atoms with Crippen LogP contribution in [0.5, 0.6) is 5.75 Å². The van der Waals surface area contributed by atoms with Crippen molar-refractivity contribution < 1.29 is 10.2 Å². The Hall–Kier alpha value is -2.22. The summed E-state index contributed by atoms with van der Waals surface area (Å²) in [6.45, 7) is 1.79. The molecule has 0 heterocycles. The summed E-state index contributed by atoms with van der Waals surface area (Å²) in [6.07, 6.45) is 0. The van der Waals surface area contributed by atoms with Gasteiger partial charge in [0.1, 0.15) is 11.5 Å². The van der Waals surface area contributed by atoms with Gasteiger partial charge in [-0.15, -0.1) is 0 Å². The van der Waals surface area contributed by atoms with Crippen LogP contribution in [0.15, 0.2) is 54.6 Å². The minimum Gasteiger partial charge on any atom is -0.507 e. The molecule has 17 heavy (non-hydrogen) atoms. The molecule has 0 aliphatic rings. The third kappa shape index (κ3) is 2.31. The highest BCUT2D eigenvalue weighted by Gasteiger charge is 2.08. The predicted molar refractivity (Wildman–Crippen MR) is 69.7 cm³/mol. The lowest BCUT2D eigenvalue weighted by Crippen LogP contribution is -1.89. The van der Waals surface area contributed by atoms with Crippen molar-refractivity contribution >= 4 is 11.3 Å². The van der Waals surface area contributed by atoms with Crippen LogP contribution in [0.2, 0.25) is 0 Å². The van der Waals surface area contributed by atoms with E-state index in [-0.39, 0.29) is 11.5 Å². The van der Waals surface area contributed by atoms with E-state index < -0.39 is 0 Å². The Balaban J connectivity index is 2.50. The number of hydrogen-bond acceptors (Lipinski definition) is 2. The van der Waals surface area contributed by atoms with Gasteiger partial charge in [-0.2, -0.15) is 0 Å². The molecule has 0 saturated heterocycles. The third-order valence-electron chi connectivity index (χ3n) is 2.71. The SMILES string of the molecule is CC(=C(O)c1ccccc1)c1ccccc1O. The van der Waals surface area contributed by atoms with Gasteiger partial charge in [0.25, 0.3) is 0 Å². The molecule has 0 unspecified atom stereocenters. The Kier molecular flexibility index (Phi) is 3.15. The van der Waals surface area contributed by atoms with E-state index in [0.29, 0.717) is 11.1 Å². The molecule has 2 rings (SSSR count). The van der Waals surface area contributed by atoms with Crippen molar-refractivity contribution in [2.75, 3.05) is 0 Å². The van der Waals surface area contributed by atoms with Crippen LogP contribution in [0.4, 0.5) is 0 Å². The standard InChI is InChI=1S/C15H14O2/c1-11(13-9-5-6-10-14(13)16)15(17)12-7-3-2-4-8-12/h2-10,16-17H,1H3. The topological polar surface area (TPSA) is 40.5 Å². The molecule has 2 aromatic carbocycles. The van der Waals surface area contributed by atoms with Gasteiger partial charge < -0.3 is 10.2 Å². The van der Waals surface area contributed by atoms with Crippen molar-refractivity contribution in [1.82, 2.24) is 0 Å². The summed E-state index contributed by atoms with van der Waals surface area (Å²) in [6, 6.07) is 16.3. The van der Waals surface area contributed by atoms with Gasteiger partial charge in [0.15, 0.2) is 0 Å². The lowest BCUT2D eigenvalue weighted by atomic mass is 10.0. The lowest BCUT2D eigenvalue weighted by Gasteiger charge is -2.08. The highest BCUT2D eigenvalue weighted by Crippen LogP contribution is 2.29. The second-order valence-corrected chi connectivity index (χ2v) is 3.86. The van der Waals surface area contributed by atoms with E-state index in [1.54, 1.807) is 25.1 Å². The molecule has 0 saturated carbocycles. The molecule has 0 radical (unpaired) electrons. The Labute approximate surface area is 100 Å². The smallest absolute Gasteiger partial charge is 0.126 e. The van der Waals surface area contributed by atoms with Crippen LogP contribution < -0.4 is 0 Å². The Morgan fingerprint density at radius 1 is 0.882 bits per heavy atom. The van der Waals surface area contributed by atoms with Crippen molar-refractivity contribution in [3.8, 4) is 5.75 Å². The number of aliphatic hydroxyl groups is 1. The number of aliphatic hydroxyl groups excluding tert-OH is 1. The normalized spacial score (nSPS) is 12.1. The first kappa shape index (κ1) is 11.3. The first-order valence-electron chi connectivity index (χ1n) is 5.44. The number of rotatable bonds is 2. The monoisotopic (exact) mass is 226 g/mol. The first-order valence-corrected chi connectivity index (χ1v) is 5.44. The summed E-state index contributed by atoms with van der Waals surface area (Å²) in [5.74, 6) is 0.361. The summed E-state index contributed by atoms with van der Waals surface area (Å²) in [5, 5.41) is 19.9. The average molecular weight is 226 g/mol. The Bertz CT molecular complexity index is 542. The molecule has 0 aliphatic heterocycles. The zero-order valence-electron chi connectivity index (χ0n) is 9.59. The summed E-state index contributed by atoms with van der Waals surface area (Å²) < 4.78 is 0. The van der Waals surface area contributed by atoms with Crippen LogP contribution in [0.25, 0.3) is 11.3 Å². The molecule has 2 aromatic rings. The molecule has 0 aliphatic carbocycles. The van der Waals surface area contributed by atoms with Gasteiger partial charge in [0.2, 0.25) is 0 Å². The van der Waals surface area contributed by atoms with Crippen molar-refractivity contribution in [2.24, 2.45) is 0 Å². The minimum absolute atomic E-state index is 0.174. The van der Waals surface area contributed by atoms with Crippen LogP contribution in [0, 0.1) is 0 Å². The molecule has 0 amide bonds. The van der Waals surface area contributed by atoms with E-state index in [9.17, 15) is 10.2 Å². The van der Waals surface area contributed by atoms with Gasteiger partial charge in [-0.25, -0.2) is 0 Å². The maximum atomic E-state index is 10.1. The minimum atomic E-state index is 0.174. The maximum Gasteiger partial charge on any atom is 0.126 e. The number of hydrogen-bond donors (Lipinski definition) is 2. The second-order valence-electron chi connectivity index (χ2n) is 3.86. The first-order chi connectivity index (χ1) is 8.20. The highest BCUT2D eigenvalue weighted by molar-refractivity contribution is 5.87. The molecule has 0 aromatic heterocycles. The van der Waals surface area contributed by atoms with Crippen LogP contribution in [-0.4, -0.2) is 10.2 Å². The molecule has 0 atom stereocenters. The van der Waals surface area contributed by atoms with Crippen molar-refractivity contribution in [2.45, 2.75) is 6.92 Å². The average Bonchev–Trinajstić information content (AvgIpc) is 2.39. The molecule has 0 fully saturated rings.